The summed E-state index contributed by atoms with van der Waals surface area (Å²) in [6.45, 7) is 4.98. The van der Waals surface area contributed by atoms with Crippen molar-refractivity contribution in [1.82, 2.24) is 20.2 Å². The van der Waals surface area contributed by atoms with Gasteiger partial charge in [0.05, 0.1) is 13.7 Å². The van der Waals surface area contributed by atoms with Crippen LogP contribution in [0.15, 0.2) is 49.1 Å². The Morgan fingerprint density at radius 2 is 1.96 bits per heavy atom. The van der Waals surface area contributed by atoms with Crippen molar-refractivity contribution in [2.75, 3.05) is 12.4 Å². The molecule has 146 valence electrons. The van der Waals surface area contributed by atoms with Gasteiger partial charge in [-0.2, -0.15) is 0 Å². The molecule has 0 saturated heterocycles. The Morgan fingerprint density at radius 3 is 2.68 bits per heavy atom. The van der Waals surface area contributed by atoms with Crippen molar-refractivity contribution in [3.8, 4) is 11.5 Å². The van der Waals surface area contributed by atoms with Crippen molar-refractivity contribution in [3.05, 3.63) is 70.2 Å². The molecule has 7 nitrogen and oxygen atoms in total. The van der Waals surface area contributed by atoms with E-state index in [0.717, 1.165) is 11.1 Å². The second-order valence-electron chi connectivity index (χ2n) is 5.84. The smallest absolute Gasteiger partial charge is 0.243 e. The molecular formula is C19H19Cl2N5O2. The molecule has 0 aliphatic carbocycles. The molecule has 0 aliphatic rings. The van der Waals surface area contributed by atoms with E-state index < -0.39 is 0 Å². The highest BCUT2D eigenvalue weighted by Gasteiger charge is 2.12. The molecule has 2 aromatic carbocycles. The summed E-state index contributed by atoms with van der Waals surface area (Å²) < 4.78 is 12.9. The van der Waals surface area contributed by atoms with Gasteiger partial charge in [-0.05, 0) is 39.8 Å². The number of hydrogen-bond acceptors (Lipinski definition) is 6. The molecule has 28 heavy (non-hydrogen) atoms. The quantitative estimate of drug-likeness (QED) is 0.519. The number of benzene rings is 2. The molecule has 0 aliphatic heterocycles. The zero-order chi connectivity index (χ0) is 19.9. The van der Waals surface area contributed by atoms with E-state index in [4.69, 9.17) is 32.7 Å². The van der Waals surface area contributed by atoms with Crippen molar-refractivity contribution in [1.29, 1.82) is 0 Å². The molecule has 0 spiro atoms. The summed E-state index contributed by atoms with van der Waals surface area (Å²) in [6, 6.07) is 11.0. The van der Waals surface area contributed by atoms with E-state index in [-0.39, 0.29) is 0 Å². The molecule has 0 unspecified atom stereocenters. The maximum atomic E-state index is 6.43. The lowest BCUT2D eigenvalue weighted by Gasteiger charge is -2.14. The summed E-state index contributed by atoms with van der Waals surface area (Å²) in [5.74, 6) is 1.67. The fourth-order valence-corrected chi connectivity index (χ4v) is 2.82. The van der Waals surface area contributed by atoms with Crippen LogP contribution >= 0.6 is 23.2 Å². The number of ether oxygens (including phenoxy) is 2. The van der Waals surface area contributed by atoms with Gasteiger partial charge in [-0.15, -0.1) is 6.58 Å². The predicted molar refractivity (Wildman–Crippen MR) is 109 cm³/mol. The van der Waals surface area contributed by atoms with Gasteiger partial charge in [0.15, 0.2) is 11.5 Å². The number of allylic oxidation sites excluding steroid dienone is 1. The number of nitrogens with zero attached hydrogens (tertiary/aromatic N) is 4. The minimum absolute atomic E-state index is 0.373. The molecule has 1 heterocycles. The van der Waals surface area contributed by atoms with Crippen LogP contribution in [0.1, 0.15) is 11.1 Å². The van der Waals surface area contributed by atoms with Crippen LogP contribution in [0.3, 0.4) is 0 Å². The molecule has 0 radical (unpaired) electrons. The Bertz CT molecular complexity index is 944. The average Bonchev–Trinajstić information content (AvgIpc) is 3.14. The van der Waals surface area contributed by atoms with E-state index in [1.54, 1.807) is 23.9 Å². The summed E-state index contributed by atoms with van der Waals surface area (Å²) in [5, 5.41) is 15.9. The van der Waals surface area contributed by atoms with E-state index in [9.17, 15) is 0 Å². The molecule has 0 atom stereocenters. The summed E-state index contributed by atoms with van der Waals surface area (Å²) in [6.07, 6.45) is 1.71. The maximum absolute atomic E-state index is 6.43. The topological polar surface area (TPSA) is 74.1 Å². The van der Waals surface area contributed by atoms with Crippen molar-refractivity contribution < 1.29 is 9.47 Å². The fraction of sp³-hybridized carbons (Fsp3) is 0.211. The highest BCUT2D eigenvalue weighted by Crippen LogP contribution is 2.34. The third-order valence-electron chi connectivity index (χ3n) is 3.91. The first-order valence-electron chi connectivity index (χ1n) is 8.45. The lowest BCUT2D eigenvalue weighted by atomic mass is 10.2. The Morgan fingerprint density at radius 1 is 1.18 bits per heavy atom. The molecule has 3 aromatic rings. The molecule has 0 amide bonds. The molecule has 1 aromatic heterocycles. The zero-order valence-electron chi connectivity index (χ0n) is 15.2. The molecule has 1 N–H and O–H groups in total. The van der Waals surface area contributed by atoms with Crippen molar-refractivity contribution in [2.45, 2.75) is 19.7 Å². The number of nitrogens with one attached hydrogen (secondary N) is 1. The largest absolute Gasteiger partial charge is 0.493 e. The van der Waals surface area contributed by atoms with E-state index in [1.165, 1.54) is 0 Å². The lowest BCUT2D eigenvalue weighted by Crippen LogP contribution is -2.09. The number of aromatic nitrogens is 4. The highest BCUT2D eigenvalue weighted by atomic mass is 35.5. The summed E-state index contributed by atoms with van der Waals surface area (Å²) in [5.41, 5.74) is 1.81. The van der Waals surface area contributed by atoms with E-state index in [1.807, 2.05) is 30.3 Å². The van der Waals surface area contributed by atoms with E-state index in [2.05, 4.69) is 27.4 Å². The second-order valence-corrected chi connectivity index (χ2v) is 6.68. The van der Waals surface area contributed by atoms with Crippen LogP contribution in [0.5, 0.6) is 11.5 Å². The van der Waals surface area contributed by atoms with Crippen LogP contribution in [0.25, 0.3) is 0 Å². The van der Waals surface area contributed by atoms with Crippen LogP contribution in [-0.2, 0) is 19.7 Å². The number of methoxy groups -OCH3 is 1. The Labute approximate surface area is 172 Å². The first-order valence-corrected chi connectivity index (χ1v) is 9.21. The number of hydrogen-bond donors (Lipinski definition) is 1. The van der Waals surface area contributed by atoms with E-state index in [0.29, 0.717) is 47.2 Å². The van der Waals surface area contributed by atoms with Gasteiger partial charge in [-0.25, -0.2) is 4.68 Å². The van der Waals surface area contributed by atoms with Gasteiger partial charge in [-0.1, -0.05) is 46.5 Å². The first-order chi connectivity index (χ1) is 13.6. The van der Waals surface area contributed by atoms with Gasteiger partial charge >= 0.3 is 0 Å². The Balaban J connectivity index is 1.70. The minimum atomic E-state index is 0.373. The molecule has 0 fully saturated rings. The van der Waals surface area contributed by atoms with E-state index >= 15 is 0 Å². The molecule has 3 rings (SSSR count). The Kier molecular flexibility index (Phi) is 6.73. The summed E-state index contributed by atoms with van der Waals surface area (Å²) >= 11 is 12.3. The summed E-state index contributed by atoms with van der Waals surface area (Å²) in [7, 11) is 1.58. The second kappa shape index (κ2) is 9.43. The third kappa shape index (κ3) is 4.94. The fourth-order valence-electron chi connectivity index (χ4n) is 2.48. The van der Waals surface area contributed by atoms with Crippen LogP contribution in [0.2, 0.25) is 10.0 Å². The minimum Gasteiger partial charge on any atom is -0.493 e. The monoisotopic (exact) mass is 419 g/mol. The van der Waals surface area contributed by atoms with Gasteiger partial charge in [0, 0.05) is 22.7 Å². The molecular weight excluding hydrogens is 401 g/mol. The third-order valence-corrected chi connectivity index (χ3v) is 4.51. The number of rotatable bonds is 9. The van der Waals surface area contributed by atoms with Crippen molar-refractivity contribution in [2.24, 2.45) is 0 Å². The average molecular weight is 420 g/mol. The molecule has 0 bridgehead atoms. The Hall–Kier alpha value is -2.77. The van der Waals surface area contributed by atoms with Gasteiger partial charge in [0.1, 0.15) is 6.61 Å². The van der Waals surface area contributed by atoms with Crippen LogP contribution in [0, 0.1) is 0 Å². The van der Waals surface area contributed by atoms with Crippen LogP contribution in [0.4, 0.5) is 5.95 Å². The van der Waals surface area contributed by atoms with Gasteiger partial charge in [-0.3, -0.25) is 0 Å². The number of halogens is 2. The van der Waals surface area contributed by atoms with Gasteiger partial charge in [0.25, 0.3) is 0 Å². The van der Waals surface area contributed by atoms with Crippen LogP contribution in [-0.4, -0.2) is 27.3 Å². The number of tetrazole rings is 1. The van der Waals surface area contributed by atoms with Crippen molar-refractivity contribution >= 4 is 29.2 Å². The SMILES string of the molecule is C=CCn1nnnc1NCc1cc(OC)c(OCc2ccc(Cl)cc2)cc1Cl. The maximum Gasteiger partial charge on any atom is 0.243 e. The normalized spacial score (nSPS) is 10.5. The zero-order valence-corrected chi connectivity index (χ0v) is 16.7. The van der Waals surface area contributed by atoms with Crippen molar-refractivity contribution in [3.63, 3.8) is 0 Å². The van der Waals surface area contributed by atoms with Crippen LogP contribution < -0.4 is 14.8 Å². The van der Waals surface area contributed by atoms with Gasteiger partial charge < -0.3 is 14.8 Å². The molecule has 0 saturated carbocycles. The number of anilines is 1. The highest BCUT2D eigenvalue weighted by molar-refractivity contribution is 6.31. The first kappa shape index (κ1) is 20.0. The van der Waals surface area contributed by atoms with Gasteiger partial charge in [0.2, 0.25) is 5.95 Å². The summed E-state index contributed by atoms with van der Waals surface area (Å²) in [4.78, 5) is 0. The molecule has 9 heteroatoms. The lowest BCUT2D eigenvalue weighted by molar-refractivity contribution is 0.284. The predicted octanol–water partition coefficient (Wildman–Crippen LogP) is 4.37. The standard InChI is InChI=1S/C19H19Cl2N5O2/c1-3-8-26-19(23-24-25-26)22-11-14-9-17(27-2)18(10-16(14)21)28-12-13-4-6-15(20)7-5-13/h3-7,9-10H,1,8,11-12H2,2H3,(H,22,23,25).